The van der Waals surface area contributed by atoms with E-state index in [0.717, 1.165) is 12.1 Å². The van der Waals surface area contributed by atoms with Gasteiger partial charge in [0.05, 0.1) is 23.1 Å². The largest absolute Gasteiger partial charge is 0.332 e. The van der Waals surface area contributed by atoms with E-state index in [1.807, 2.05) is 26.8 Å². The fourth-order valence-corrected chi connectivity index (χ4v) is 5.65. The Morgan fingerprint density at radius 2 is 1.96 bits per heavy atom. The molecule has 1 amide bonds. The van der Waals surface area contributed by atoms with Crippen LogP contribution >= 0.6 is 0 Å². The van der Waals surface area contributed by atoms with Crippen LogP contribution in [0.1, 0.15) is 29.8 Å². The molecule has 0 saturated carbocycles. The first kappa shape index (κ1) is 18.1. The third-order valence-electron chi connectivity index (χ3n) is 4.91. The highest BCUT2D eigenvalue weighted by Gasteiger charge is 2.47. The van der Waals surface area contributed by atoms with Crippen LogP contribution in [0.4, 0.5) is 0 Å². The van der Waals surface area contributed by atoms with Crippen LogP contribution in [0.3, 0.4) is 0 Å². The van der Waals surface area contributed by atoms with Crippen molar-refractivity contribution in [1.29, 1.82) is 0 Å². The summed E-state index contributed by atoms with van der Waals surface area (Å²) in [7, 11) is -3.13. The van der Waals surface area contributed by atoms with Crippen molar-refractivity contribution in [2.75, 3.05) is 31.1 Å². The number of sulfone groups is 1. The number of aryl methyl sites for hydroxylation is 1. The number of nitrogens with zero attached hydrogens (tertiary/aromatic N) is 3. The lowest BCUT2D eigenvalue weighted by Crippen LogP contribution is -2.60. The molecule has 3 heterocycles. The van der Waals surface area contributed by atoms with Crippen LogP contribution in [-0.4, -0.2) is 72.3 Å². The van der Waals surface area contributed by atoms with Crippen molar-refractivity contribution in [3.8, 4) is 0 Å². The van der Waals surface area contributed by atoms with Crippen molar-refractivity contribution in [2.45, 2.75) is 32.9 Å². The van der Waals surface area contributed by atoms with Gasteiger partial charge in [-0.1, -0.05) is 11.6 Å². The van der Waals surface area contributed by atoms with Crippen molar-refractivity contribution in [2.24, 2.45) is 0 Å². The molecule has 2 aliphatic heterocycles. The SMILES string of the molecule is CC(C)=CCN1CCN(C(=O)c2cncc(C)c2)[C@H]2CS(=O)(=O)C[C@H]21. The van der Waals surface area contributed by atoms with Gasteiger partial charge in [0.2, 0.25) is 0 Å². The molecule has 1 aromatic rings. The molecule has 0 radical (unpaired) electrons. The molecule has 1 aromatic heterocycles. The van der Waals surface area contributed by atoms with E-state index in [-0.39, 0.29) is 29.5 Å². The van der Waals surface area contributed by atoms with Gasteiger partial charge in [0.15, 0.2) is 9.84 Å². The number of rotatable bonds is 3. The van der Waals surface area contributed by atoms with Crippen molar-refractivity contribution in [3.05, 3.63) is 41.2 Å². The molecular weight excluding hydrogens is 338 g/mol. The van der Waals surface area contributed by atoms with Crippen LogP contribution in [0, 0.1) is 6.92 Å². The van der Waals surface area contributed by atoms with Gasteiger partial charge in [-0.05, 0) is 32.4 Å². The van der Waals surface area contributed by atoms with Gasteiger partial charge in [0, 0.05) is 38.1 Å². The Kier molecular flexibility index (Phi) is 4.97. The van der Waals surface area contributed by atoms with E-state index in [1.54, 1.807) is 17.3 Å². The summed E-state index contributed by atoms with van der Waals surface area (Å²) in [5.74, 6) is 0.0584. The second kappa shape index (κ2) is 6.88. The number of carbonyl (C=O) groups is 1. The zero-order valence-corrected chi connectivity index (χ0v) is 15.8. The first-order valence-corrected chi connectivity index (χ1v) is 10.4. The third kappa shape index (κ3) is 3.93. The summed E-state index contributed by atoms with van der Waals surface area (Å²) in [5.41, 5.74) is 2.66. The number of pyridine rings is 1. The summed E-state index contributed by atoms with van der Waals surface area (Å²) in [6, 6.07) is 1.40. The summed E-state index contributed by atoms with van der Waals surface area (Å²) >= 11 is 0. The van der Waals surface area contributed by atoms with Gasteiger partial charge in [-0.15, -0.1) is 0 Å². The summed E-state index contributed by atoms with van der Waals surface area (Å²) < 4.78 is 24.5. The fourth-order valence-electron chi connectivity index (χ4n) is 3.64. The molecule has 0 bridgehead atoms. The Balaban J connectivity index is 1.86. The summed E-state index contributed by atoms with van der Waals surface area (Å²) in [6.45, 7) is 7.92. The molecule has 0 unspecified atom stereocenters. The average molecular weight is 363 g/mol. The number of aromatic nitrogens is 1. The highest BCUT2D eigenvalue weighted by atomic mass is 32.2. The van der Waals surface area contributed by atoms with Crippen LogP contribution in [-0.2, 0) is 9.84 Å². The predicted molar refractivity (Wildman–Crippen MR) is 97.2 cm³/mol. The summed E-state index contributed by atoms with van der Waals surface area (Å²) in [5, 5.41) is 0. The average Bonchev–Trinajstić information content (AvgIpc) is 2.87. The number of piperazine rings is 1. The third-order valence-corrected chi connectivity index (χ3v) is 6.61. The predicted octanol–water partition coefficient (Wildman–Crippen LogP) is 1.28. The van der Waals surface area contributed by atoms with Gasteiger partial charge in [0.1, 0.15) is 0 Å². The molecule has 2 atom stereocenters. The van der Waals surface area contributed by atoms with Crippen molar-refractivity contribution < 1.29 is 13.2 Å². The molecule has 0 N–H and O–H groups in total. The van der Waals surface area contributed by atoms with Crippen molar-refractivity contribution >= 4 is 15.7 Å². The maximum Gasteiger partial charge on any atom is 0.255 e. The number of allylic oxidation sites excluding steroid dienone is 1. The second-order valence-electron chi connectivity index (χ2n) is 7.24. The molecule has 0 aromatic carbocycles. The molecule has 2 aliphatic rings. The summed E-state index contributed by atoms with van der Waals surface area (Å²) in [6.07, 6.45) is 5.38. The number of fused-ring (bicyclic) bond motifs is 1. The topological polar surface area (TPSA) is 70.6 Å². The molecule has 2 saturated heterocycles. The van der Waals surface area contributed by atoms with E-state index >= 15 is 0 Å². The second-order valence-corrected chi connectivity index (χ2v) is 9.39. The Labute approximate surface area is 149 Å². The minimum absolute atomic E-state index is 0.0496. The monoisotopic (exact) mass is 363 g/mol. The molecule has 6 nitrogen and oxygen atoms in total. The molecule has 7 heteroatoms. The molecule has 0 spiro atoms. The maximum atomic E-state index is 12.9. The highest BCUT2D eigenvalue weighted by Crippen LogP contribution is 2.28. The molecular formula is C18H25N3O3S. The lowest BCUT2D eigenvalue weighted by Gasteiger charge is -2.43. The fraction of sp³-hybridized carbons (Fsp3) is 0.556. The van der Waals surface area contributed by atoms with E-state index in [0.29, 0.717) is 18.7 Å². The molecule has 3 rings (SSSR count). The Bertz CT molecular complexity index is 800. The first-order valence-electron chi connectivity index (χ1n) is 8.57. The van der Waals surface area contributed by atoms with Crippen LogP contribution < -0.4 is 0 Å². The molecule has 136 valence electrons. The Morgan fingerprint density at radius 3 is 2.64 bits per heavy atom. The highest BCUT2D eigenvalue weighted by molar-refractivity contribution is 7.91. The van der Waals surface area contributed by atoms with Gasteiger partial charge in [-0.25, -0.2) is 8.42 Å². The zero-order valence-electron chi connectivity index (χ0n) is 15.0. The minimum atomic E-state index is -3.13. The van der Waals surface area contributed by atoms with E-state index in [4.69, 9.17) is 0 Å². The van der Waals surface area contributed by atoms with Crippen molar-refractivity contribution in [1.82, 2.24) is 14.8 Å². The van der Waals surface area contributed by atoms with Crippen molar-refractivity contribution in [3.63, 3.8) is 0 Å². The standard InChI is InChI=1S/C18H25N3O3S/c1-13(2)4-5-20-6-7-21(17-12-25(23,24)11-16(17)20)18(22)15-8-14(3)9-19-10-15/h4,8-10,16-17H,5-7,11-12H2,1-3H3/t16-,17+/m1/s1. The van der Waals surface area contributed by atoms with E-state index in [1.165, 1.54) is 5.57 Å². The van der Waals surface area contributed by atoms with Gasteiger partial charge < -0.3 is 4.90 Å². The number of amides is 1. The lowest BCUT2D eigenvalue weighted by molar-refractivity contribution is 0.0367. The van der Waals surface area contributed by atoms with E-state index < -0.39 is 9.84 Å². The van der Waals surface area contributed by atoms with Crippen LogP contribution in [0.2, 0.25) is 0 Å². The number of carbonyl (C=O) groups excluding carboxylic acids is 1. The minimum Gasteiger partial charge on any atom is -0.332 e. The number of hydrogen-bond acceptors (Lipinski definition) is 5. The smallest absolute Gasteiger partial charge is 0.255 e. The Morgan fingerprint density at radius 1 is 1.24 bits per heavy atom. The maximum absolute atomic E-state index is 12.9. The molecule has 2 fully saturated rings. The number of hydrogen-bond donors (Lipinski definition) is 0. The van der Waals surface area contributed by atoms with Gasteiger partial charge >= 0.3 is 0 Å². The summed E-state index contributed by atoms with van der Waals surface area (Å²) in [4.78, 5) is 21.0. The normalized spacial score (nSPS) is 25.5. The molecule has 0 aliphatic carbocycles. The van der Waals surface area contributed by atoms with E-state index in [9.17, 15) is 13.2 Å². The van der Waals surface area contributed by atoms with Gasteiger partial charge in [-0.3, -0.25) is 14.7 Å². The van der Waals surface area contributed by atoms with Crippen LogP contribution in [0.25, 0.3) is 0 Å². The van der Waals surface area contributed by atoms with Crippen LogP contribution in [0.5, 0.6) is 0 Å². The zero-order chi connectivity index (χ0) is 18.2. The van der Waals surface area contributed by atoms with E-state index in [2.05, 4.69) is 16.0 Å². The van der Waals surface area contributed by atoms with Gasteiger partial charge in [-0.2, -0.15) is 0 Å². The van der Waals surface area contributed by atoms with Gasteiger partial charge in [0.25, 0.3) is 5.91 Å². The Hall–Kier alpha value is -1.73. The first-order chi connectivity index (χ1) is 11.8. The quantitative estimate of drug-likeness (QED) is 0.757. The molecule has 25 heavy (non-hydrogen) atoms. The van der Waals surface area contributed by atoms with Crippen LogP contribution in [0.15, 0.2) is 30.1 Å². The lowest BCUT2D eigenvalue weighted by atomic mass is 10.0.